The fraction of sp³-hybridized carbons (Fsp3) is 0.250. The third kappa shape index (κ3) is 3.03. The van der Waals surface area contributed by atoms with Gasteiger partial charge in [-0.2, -0.15) is 0 Å². The molecule has 0 spiro atoms. The number of ether oxygens (including phenoxy) is 1. The maximum Gasteiger partial charge on any atom is 1.00 e. The van der Waals surface area contributed by atoms with Crippen LogP contribution in [0.3, 0.4) is 0 Å². The summed E-state index contributed by atoms with van der Waals surface area (Å²) in [7, 11) is 3.11. The molecule has 0 aliphatic rings. The van der Waals surface area contributed by atoms with Gasteiger partial charge >= 0.3 is 29.6 Å². The first-order valence-electron chi connectivity index (χ1n) is 3.25. The molecule has 3 nitrogen and oxygen atoms in total. The van der Waals surface area contributed by atoms with E-state index in [1.54, 1.807) is 7.11 Å². The zero-order valence-corrected chi connectivity index (χ0v) is 9.57. The van der Waals surface area contributed by atoms with Crippen molar-refractivity contribution < 1.29 is 39.1 Å². The Balaban J connectivity index is 0.00000121. The standard InChI is InChI=1S/C8H10NO2.Na/c1-10-8-6-4-3-5-7(8)9-11-2;/h3-6H,1-2H3;/q-1;+1. The smallest absolute Gasteiger partial charge is 0.559 e. The molecule has 0 N–H and O–H groups in total. The molecule has 4 heteroatoms. The number of benzene rings is 1. The van der Waals surface area contributed by atoms with Crippen molar-refractivity contribution in [3.63, 3.8) is 0 Å². The van der Waals surface area contributed by atoms with Crippen LogP contribution in [0.5, 0.6) is 5.75 Å². The molecule has 0 bridgehead atoms. The molecule has 0 atom stereocenters. The molecular formula is C8H10NNaO2. The van der Waals surface area contributed by atoms with E-state index < -0.39 is 0 Å². The first-order chi connectivity index (χ1) is 5.38. The van der Waals surface area contributed by atoms with Gasteiger partial charge in [-0.25, -0.2) is 0 Å². The van der Waals surface area contributed by atoms with Crippen LogP contribution in [0.4, 0.5) is 5.69 Å². The van der Waals surface area contributed by atoms with Gasteiger partial charge in [-0.3, -0.25) is 0 Å². The molecule has 0 unspecified atom stereocenters. The van der Waals surface area contributed by atoms with Crippen molar-refractivity contribution in [1.82, 2.24) is 0 Å². The second-order valence-electron chi connectivity index (χ2n) is 1.95. The minimum atomic E-state index is 0. The monoisotopic (exact) mass is 175 g/mol. The molecule has 0 amide bonds. The molecule has 1 aromatic rings. The Hall–Kier alpha value is -0.220. The van der Waals surface area contributed by atoms with Gasteiger partial charge < -0.3 is 15.1 Å². The maximum atomic E-state index is 5.02. The Kier molecular flexibility index (Phi) is 6.20. The number of hydrogen-bond acceptors (Lipinski definition) is 2. The van der Waals surface area contributed by atoms with Gasteiger partial charge in [-0.1, -0.05) is 23.9 Å². The quantitative estimate of drug-likeness (QED) is 0.448. The molecule has 1 rings (SSSR count). The van der Waals surface area contributed by atoms with Gasteiger partial charge in [0, 0.05) is 7.11 Å². The Morgan fingerprint density at radius 1 is 1.17 bits per heavy atom. The summed E-state index contributed by atoms with van der Waals surface area (Å²) in [6, 6.07) is 7.41. The molecule has 0 radical (unpaired) electrons. The zero-order valence-electron chi connectivity index (χ0n) is 7.57. The Bertz CT molecular complexity index is 230. The van der Waals surface area contributed by atoms with Crippen molar-refractivity contribution in [2.24, 2.45) is 0 Å². The van der Waals surface area contributed by atoms with E-state index in [9.17, 15) is 0 Å². The van der Waals surface area contributed by atoms with Gasteiger partial charge in [-0.05, 0) is 6.07 Å². The molecule has 0 saturated carbocycles. The maximum absolute atomic E-state index is 5.02. The van der Waals surface area contributed by atoms with E-state index in [4.69, 9.17) is 4.74 Å². The molecule has 12 heavy (non-hydrogen) atoms. The van der Waals surface area contributed by atoms with Crippen molar-refractivity contribution in [2.45, 2.75) is 0 Å². The van der Waals surface area contributed by atoms with Crippen LogP contribution in [-0.4, -0.2) is 14.2 Å². The fourth-order valence-electron chi connectivity index (χ4n) is 0.804. The van der Waals surface area contributed by atoms with Gasteiger partial charge in [0.05, 0.1) is 7.11 Å². The number of hydrogen-bond donors (Lipinski definition) is 0. The second-order valence-corrected chi connectivity index (χ2v) is 1.95. The fourth-order valence-corrected chi connectivity index (χ4v) is 0.804. The average molecular weight is 175 g/mol. The van der Waals surface area contributed by atoms with Crippen LogP contribution >= 0.6 is 0 Å². The Labute approximate surface area is 94.3 Å². The van der Waals surface area contributed by atoms with Gasteiger partial charge in [0.15, 0.2) is 0 Å². The van der Waals surface area contributed by atoms with Gasteiger partial charge in [-0.15, -0.1) is 0 Å². The molecule has 0 aromatic heterocycles. The predicted molar refractivity (Wildman–Crippen MR) is 43.0 cm³/mol. The normalized spacial score (nSPS) is 8.50. The second kappa shape index (κ2) is 6.31. The van der Waals surface area contributed by atoms with E-state index in [2.05, 4.69) is 10.3 Å². The average Bonchev–Trinajstić information content (AvgIpc) is 2.06. The molecule has 0 saturated heterocycles. The molecule has 0 aliphatic heterocycles. The summed E-state index contributed by atoms with van der Waals surface area (Å²) in [5.74, 6) is 0.717. The topological polar surface area (TPSA) is 32.6 Å². The number of nitrogens with zero attached hydrogens (tertiary/aromatic N) is 1. The number of para-hydroxylation sites is 1. The summed E-state index contributed by atoms with van der Waals surface area (Å²) in [5.41, 5.74) is 4.46. The van der Waals surface area contributed by atoms with Crippen molar-refractivity contribution >= 4 is 5.69 Å². The van der Waals surface area contributed by atoms with E-state index in [1.807, 2.05) is 24.3 Å². The first-order valence-corrected chi connectivity index (χ1v) is 3.25. The van der Waals surface area contributed by atoms with Crippen molar-refractivity contribution in [2.75, 3.05) is 14.2 Å². The van der Waals surface area contributed by atoms with Crippen LogP contribution < -0.4 is 34.3 Å². The third-order valence-electron chi connectivity index (χ3n) is 1.27. The van der Waals surface area contributed by atoms with E-state index >= 15 is 0 Å². The van der Waals surface area contributed by atoms with Crippen molar-refractivity contribution in [3.8, 4) is 5.75 Å². The van der Waals surface area contributed by atoms with E-state index in [1.165, 1.54) is 7.11 Å². The number of rotatable bonds is 3. The Morgan fingerprint density at radius 3 is 2.42 bits per heavy atom. The first kappa shape index (κ1) is 11.8. The molecule has 0 heterocycles. The van der Waals surface area contributed by atoms with Gasteiger partial charge in [0.1, 0.15) is 5.75 Å². The van der Waals surface area contributed by atoms with Crippen molar-refractivity contribution in [3.05, 3.63) is 29.7 Å². The summed E-state index contributed by atoms with van der Waals surface area (Å²) < 4.78 is 5.02. The summed E-state index contributed by atoms with van der Waals surface area (Å²) in [6.45, 7) is 0. The van der Waals surface area contributed by atoms with Crippen LogP contribution in [0.2, 0.25) is 0 Å². The van der Waals surface area contributed by atoms with Crippen LogP contribution in [0, 0.1) is 0 Å². The molecule has 60 valence electrons. The zero-order chi connectivity index (χ0) is 8.10. The minimum Gasteiger partial charge on any atom is -0.559 e. The largest absolute Gasteiger partial charge is 1.00 e. The van der Waals surface area contributed by atoms with Crippen LogP contribution in [0.1, 0.15) is 0 Å². The molecule has 1 aromatic carbocycles. The van der Waals surface area contributed by atoms with Gasteiger partial charge in [0.25, 0.3) is 0 Å². The van der Waals surface area contributed by atoms with E-state index in [0.29, 0.717) is 11.4 Å². The molecule has 0 aliphatic carbocycles. The van der Waals surface area contributed by atoms with Crippen LogP contribution in [0.25, 0.3) is 5.48 Å². The SMILES string of the molecule is CO[N-]c1ccccc1OC.[Na+]. The van der Waals surface area contributed by atoms with Crippen LogP contribution in [0.15, 0.2) is 24.3 Å². The third-order valence-corrected chi connectivity index (χ3v) is 1.27. The van der Waals surface area contributed by atoms with E-state index in [-0.39, 0.29) is 29.6 Å². The summed E-state index contributed by atoms with van der Waals surface area (Å²) >= 11 is 0. The Morgan fingerprint density at radius 2 is 1.83 bits per heavy atom. The van der Waals surface area contributed by atoms with E-state index in [0.717, 1.165) is 0 Å². The molecular weight excluding hydrogens is 165 g/mol. The molecule has 0 fully saturated rings. The predicted octanol–water partition coefficient (Wildman–Crippen LogP) is -0.734. The summed E-state index contributed by atoms with van der Waals surface area (Å²) in [6.07, 6.45) is 0. The number of methoxy groups -OCH3 is 1. The minimum absolute atomic E-state index is 0. The summed E-state index contributed by atoms with van der Waals surface area (Å²) in [4.78, 5) is 4.62. The van der Waals surface area contributed by atoms with Gasteiger partial charge in [0.2, 0.25) is 0 Å². The van der Waals surface area contributed by atoms with Crippen LogP contribution in [-0.2, 0) is 4.84 Å². The summed E-state index contributed by atoms with van der Waals surface area (Å²) in [5, 5.41) is 0. The van der Waals surface area contributed by atoms with Crippen molar-refractivity contribution in [1.29, 1.82) is 0 Å².